The van der Waals surface area contributed by atoms with E-state index in [9.17, 15) is 0 Å². The summed E-state index contributed by atoms with van der Waals surface area (Å²) in [6, 6.07) is 2.33. The summed E-state index contributed by atoms with van der Waals surface area (Å²) >= 11 is 0. The SMILES string of the molecule is CC(C)(C)[C@@]1(C#N)C[C@@H]1CO. The zero-order valence-corrected chi connectivity index (χ0v) is 7.39. The molecule has 0 radical (unpaired) electrons. The monoisotopic (exact) mass is 153 g/mol. The molecule has 1 fully saturated rings. The van der Waals surface area contributed by atoms with Crippen molar-refractivity contribution in [3.63, 3.8) is 0 Å². The molecule has 0 aliphatic heterocycles. The lowest BCUT2D eigenvalue weighted by molar-refractivity contribution is 0.202. The number of aliphatic hydroxyl groups is 1. The summed E-state index contributed by atoms with van der Waals surface area (Å²) in [7, 11) is 0. The highest BCUT2D eigenvalue weighted by molar-refractivity contribution is 5.20. The van der Waals surface area contributed by atoms with Gasteiger partial charge in [0.25, 0.3) is 0 Å². The molecule has 2 heteroatoms. The molecule has 0 aromatic heterocycles. The van der Waals surface area contributed by atoms with Crippen molar-refractivity contribution < 1.29 is 5.11 Å². The van der Waals surface area contributed by atoms with Crippen LogP contribution in [0.1, 0.15) is 27.2 Å². The molecular formula is C9H15NO. The molecule has 1 aliphatic rings. The van der Waals surface area contributed by atoms with Gasteiger partial charge in [-0.05, 0) is 11.8 Å². The Kier molecular flexibility index (Phi) is 1.72. The highest BCUT2D eigenvalue weighted by Gasteiger charge is 2.61. The van der Waals surface area contributed by atoms with Crippen molar-refractivity contribution >= 4 is 0 Å². The van der Waals surface area contributed by atoms with Gasteiger partial charge in [-0.15, -0.1) is 0 Å². The van der Waals surface area contributed by atoms with Gasteiger partial charge in [-0.25, -0.2) is 0 Å². The average Bonchev–Trinajstić information content (AvgIpc) is 2.60. The minimum absolute atomic E-state index is 0.00907. The molecule has 2 nitrogen and oxygen atoms in total. The van der Waals surface area contributed by atoms with E-state index in [2.05, 4.69) is 26.8 Å². The van der Waals surface area contributed by atoms with Gasteiger partial charge in [0.1, 0.15) is 0 Å². The first-order valence-corrected chi connectivity index (χ1v) is 4.00. The maximum Gasteiger partial charge on any atom is 0.0699 e. The smallest absolute Gasteiger partial charge is 0.0699 e. The third kappa shape index (κ3) is 1.04. The Balaban J connectivity index is 2.77. The number of nitrogens with zero attached hydrogens (tertiary/aromatic N) is 1. The van der Waals surface area contributed by atoms with Crippen LogP contribution < -0.4 is 0 Å². The van der Waals surface area contributed by atoms with E-state index in [4.69, 9.17) is 10.4 Å². The van der Waals surface area contributed by atoms with Crippen LogP contribution in [-0.2, 0) is 0 Å². The summed E-state index contributed by atoms with van der Waals surface area (Å²) in [4.78, 5) is 0. The molecule has 0 heterocycles. The van der Waals surface area contributed by atoms with Crippen LogP contribution in [0.4, 0.5) is 0 Å². The van der Waals surface area contributed by atoms with E-state index in [1.54, 1.807) is 0 Å². The van der Waals surface area contributed by atoms with E-state index in [0.29, 0.717) is 0 Å². The van der Waals surface area contributed by atoms with Crippen LogP contribution in [0.25, 0.3) is 0 Å². The Morgan fingerprint density at radius 1 is 1.64 bits per heavy atom. The molecule has 0 amide bonds. The number of nitriles is 1. The first-order chi connectivity index (χ1) is 4.98. The molecule has 0 aromatic rings. The van der Waals surface area contributed by atoms with E-state index >= 15 is 0 Å². The lowest BCUT2D eigenvalue weighted by Gasteiger charge is -2.25. The molecule has 1 aliphatic carbocycles. The number of hydrogen-bond donors (Lipinski definition) is 1. The van der Waals surface area contributed by atoms with Crippen molar-refractivity contribution in [2.75, 3.05) is 6.61 Å². The molecule has 62 valence electrons. The topological polar surface area (TPSA) is 44.0 Å². The molecular weight excluding hydrogens is 138 g/mol. The molecule has 2 atom stereocenters. The van der Waals surface area contributed by atoms with Crippen molar-refractivity contribution in [3.8, 4) is 6.07 Å². The van der Waals surface area contributed by atoms with E-state index in [0.717, 1.165) is 6.42 Å². The second-order valence-electron chi connectivity index (χ2n) is 4.42. The Labute approximate surface area is 67.8 Å². The van der Waals surface area contributed by atoms with E-state index in [1.165, 1.54) is 0 Å². The molecule has 0 saturated heterocycles. The molecule has 1 saturated carbocycles. The van der Waals surface area contributed by atoms with Crippen LogP contribution in [0.2, 0.25) is 0 Å². The lowest BCUT2D eigenvalue weighted by Crippen LogP contribution is -2.23. The molecule has 0 unspecified atom stereocenters. The zero-order chi connectivity index (χ0) is 8.70. The summed E-state index contributed by atoms with van der Waals surface area (Å²) in [5.74, 6) is 0.215. The molecule has 1 rings (SSSR count). The van der Waals surface area contributed by atoms with Gasteiger partial charge in [-0.3, -0.25) is 0 Å². The van der Waals surface area contributed by atoms with Crippen LogP contribution in [0.3, 0.4) is 0 Å². The van der Waals surface area contributed by atoms with Gasteiger partial charge in [0.2, 0.25) is 0 Å². The van der Waals surface area contributed by atoms with Gasteiger partial charge in [0.15, 0.2) is 0 Å². The minimum atomic E-state index is -0.248. The molecule has 11 heavy (non-hydrogen) atoms. The highest BCUT2D eigenvalue weighted by Crippen LogP contribution is 2.62. The summed E-state index contributed by atoms with van der Waals surface area (Å²) in [6.45, 7) is 6.34. The fraction of sp³-hybridized carbons (Fsp3) is 0.889. The Morgan fingerprint density at radius 2 is 2.18 bits per heavy atom. The fourth-order valence-electron chi connectivity index (χ4n) is 1.77. The summed E-state index contributed by atoms with van der Waals surface area (Å²) < 4.78 is 0. The van der Waals surface area contributed by atoms with Crippen LogP contribution in [0.15, 0.2) is 0 Å². The van der Waals surface area contributed by atoms with Crippen LogP contribution in [-0.4, -0.2) is 11.7 Å². The normalized spacial score (nSPS) is 36.5. The minimum Gasteiger partial charge on any atom is -0.396 e. The van der Waals surface area contributed by atoms with Crippen LogP contribution in [0, 0.1) is 28.1 Å². The van der Waals surface area contributed by atoms with Gasteiger partial charge in [0.05, 0.1) is 11.5 Å². The van der Waals surface area contributed by atoms with Gasteiger partial charge in [-0.1, -0.05) is 20.8 Å². The van der Waals surface area contributed by atoms with Crippen LogP contribution in [0.5, 0.6) is 0 Å². The average molecular weight is 153 g/mol. The van der Waals surface area contributed by atoms with Gasteiger partial charge in [0, 0.05) is 12.5 Å². The zero-order valence-electron chi connectivity index (χ0n) is 7.39. The van der Waals surface area contributed by atoms with Gasteiger partial charge in [-0.2, -0.15) is 5.26 Å². The summed E-state index contributed by atoms with van der Waals surface area (Å²) in [5, 5.41) is 17.8. The van der Waals surface area contributed by atoms with Crippen molar-refractivity contribution in [2.45, 2.75) is 27.2 Å². The molecule has 0 spiro atoms. The van der Waals surface area contributed by atoms with Crippen molar-refractivity contribution in [3.05, 3.63) is 0 Å². The Bertz CT molecular complexity index is 199. The number of rotatable bonds is 1. The van der Waals surface area contributed by atoms with Crippen molar-refractivity contribution in [1.82, 2.24) is 0 Å². The van der Waals surface area contributed by atoms with E-state index < -0.39 is 0 Å². The van der Waals surface area contributed by atoms with E-state index in [1.807, 2.05) is 0 Å². The third-order valence-electron chi connectivity index (χ3n) is 2.86. The van der Waals surface area contributed by atoms with Crippen LogP contribution >= 0.6 is 0 Å². The predicted molar refractivity (Wildman–Crippen MR) is 42.7 cm³/mol. The van der Waals surface area contributed by atoms with Crippen molar-refractivity contribution in [2.24, 2.45) is 16.7 Å². The summed E-state index contributed by atoms with van der Waals surface area (Å²) in [5.41, 5.74) is -0.239. The Hall–Kier alpha value is -0.550. The number of hydrogen-bond acceptors (Lipinski definition) is 2. The number of aliphatic hydroxyl groups excluding tert-OH is 1. The maximum atomic E-state index is 8.93. The predicted octanol–water partition coefficient (Wildman–Crippen LogP) is 1.55. The molecule has 1 N–H and O–H groups in total. The molecule has 0 aromatic carbocycles. The van der Waals surface area contributed by atoms with Crippen molar-refractivity contribution in [1.29, 1.82) is 5.26 Å². The molecule has 0 bridgehead atoms. The first kappa shape index (κ1) is 8.55. The third-order valence-corrected chi connectivity index (χ3v) is 2.86. The highest BCUT2D eigenvalue weighted by atomic mass is 16.3. The first-order valence-electron chi connectivity index (χ1n) is 4.00. The second kappa shape index (κ2) is 2.22. The maximum absolute atomic E-state index is 8.93. The lowest BCUT2D eigenvalue weighted by atomic mass is 9.77. The van der Waals surface area contributed by atoms with E-state index in [-0.39, 0.29) is 23.4 Å². The van der Waals surface area contributed by atoms with Gasteiger partial charge >= 0.3 is 0 Å². The largest absolute Gasteiger partial charge is 0.396 e. The second-order valence-corrected chi connectivity index (χ2v) is 4.42. The summed E-state index contributed by atoms with van der Waals surface area (Å²) in [6.07, 6.45) is 0.865. The van der Waals surface area contributed by atoms with Gasteiger partial charge < -0.3 is 5.11 Å². The quantitative estimate of drug-likeness (QED) is 0.621. The Morgan fingerprint density at radius 3 is 2.27 bits per heavy atom. The standard InChI is InChI=1S/C9H15NO/c1-8(2,3)9(6-10)4-7(9)5-11/h7,11H,4-5H2,1-3H3/t7-,9-/m1/s1. The fourth-order valence-corrected chi connectivity index (χ4v) is 1.77.